The molecule has 1 heterocycles. The Morgan fingerprint density at radius 1 is 1.10 bits per heavy atom. The summed E-state index contributed by atoms with van der Waals surface area (Å²) in [7, 11) is 0. The van der Waals surface area contributed by atoms with E-state index in [1.807, 2.05) is 18.3 Å². The SMILES string of the molecule is O=C(N[C@@H](c1ccccn1)C1CCCC1)C1CCCC1. The maximum Gasteiger partial charge on any atom is 0.223 e. The first-order valence-electron chi connectivity index (χ1n) is 8.06. The van der Waals surface area contributed by atoms with E-state index in [0.717, 1.165) is 18.5 Å². The van der Waals surface area contributed by atoms with Gasteiger partial charge in [0.15, 0.2) is 0 Å². The molecular formula is C17H24N2O. The number of hydrogen-bond acceptors (Lipinski definition) is 2. The van der Waals surface area contributed by atoms with Gasteiger partial charge in [0.05, 0.1) is 11.7 Å². The van der Waals surface area contributed by atoms with Crippen molar-refractivity contribution in [3.8, 4) is 0 Å². The minimum atomic E-state index is 0.117. The van der Waals surface area contributed by atoms with Crippen molar-refractivity contribution in [2.24, 2.45) is 11.8 Å². The van der Waals surface area contributed by atoms with Crippen LogP contribution in [-0.4, -0.2) is 10.9 Å². The predicted molar refractivity (Wildman–Crippen MR) is 79.0 cm³/mol. The molecule has 2 aliphatic carbocycles. The predicted octanol–water partition coefficient (Wildman–Crippen LogP) is 3.62. The molecule has 2 aliphatic rings. The monoisotopic (exact) mass is 272 g/mol. The molecule has 0 aromatic carbocycles. The molecule has 1 aromatic rings. The second kappa shape index (κ2) is 6.38. The van der Waals surface area contributed by atoms with Gasteiger partial charge >= 0.3 is 0 Å². The Morgan fingerprint density at radius 2 is 1.80 bits per heavy atom. The van der Waals surface area contributed by atoms with Crippen molar-refractivity contribution < 1.29 is 4.79 Å². The van der Waals surface area contributed by atoms with Crippen LogP contribution in [0.5, 0.6) is 0 Å². The van der Waals surface area contributed by atoms with Crippen LogP contribution in [0.1, 0.15) is 63.1 Å². The van der Waals surface area contributed by atoms with Crippen LogP contribution in [0.2, 0.25) is 0 Å². The van der Waals surface area contributed by atoms with E-state index < -0.39 is 0 Å². The molecule has 3 rings (SSSR count). The maximum absolute atomic E-state index is 12.4. The van der Waals surface area contributed by atoms with Gasteiger partial charge in [-0.05, 0) is 43.7 Å². The number of hydrogen-bond donors (Lipinski definition) is 1. The Balaban J connectivity index is 1.73. The van der Waals surface area contributed by atoms with E-state index in [2.05, 4.69) is 16.4 Å². The first kappa shape index (κ1) is 13.6. The van der Waals surface area contributed by atoms with E-state index in [-0.39, 0.29) is 17.9 Å². The molecular weight excluding hydrogens is 248 g/mol. The number of nitrogens with one attached hydrogen (secondary N) is 1. The van der Waals surface area contributed by atoms with Crippen molar-refractivity contribution in [2.45, 2.75) is 57.4 Å². The molecule has 1 aromatic heterocycles. The number of carbonyl (C=O) groups excluding carboxylic acids is 1. The van der Waals surface area contributed by atoms with Crippen molar-refractivity contribution in [3.05, 3.63) is 30.1 Å². The lowest BCUT2D eigenvalue weighted by molar-refractivity contribution is -0.126. The maximum atomic E-state index is 12.4. The fraction of sp³-hybridized carbons (Fsp3) is 0.647. The van der Waals surface area contributed by atoms with Crippen LogP contribution in [0, 0.1) is 11.8 Å². The number of carbonyl (C=O) groups is 1. The van der Waals surface area contributed by atoms with Gasteiger partial charge in [0.1, 0.15) is 0 Å². The van der Waals surface area contributed by atoms with Crippen molar-refractivity contribution in [3.63, 3.8) is 0 Å². The summed E-state index contributed by atoms with van der Waals surface area (Å²) in [6.07, 6.45) is 11.4. The number of pyridine rings is 1. The molecule has 108 valence electrons. The van der Waals surface area contributed by atoms with Gasteiger partial charge in [0.25, 0.3) is 0 Å². The van der Waals surface area contributed by atoms with E-state index in [1.54, 1.807) is 0 Å². The second-order valence-electron chi connectivity index (χ2n) is 6.27. The zero-order valence-electron chi connectivity index (χ0n) is 12.1. The average molecular weight is 272 g/mol. The highest BCUT2D eigenvalue weighted by Gasteiger charge is 2.31. The average Bonchev–Trinajstić information content (AvgIpc) is 3.18. The molecule has 0 bridgehead atoms. The van der Waals surface area contributed by atoms with E-state index in [0.29, 0.717) is 5.92 Å². The van der Waals surface area contributed by atoms with Gasteiger partial charge in [-0.3, -0.25) is 9.78 Å². The largest absolute Gasteiger partial charge is 0.347 e. The molecule has 0 aliphatic heterocycles. The molecule has 2 saturated carbocycles. The third-order valence-electron chi connectivity index (χ3n) is 4.90. The normalized spacial score (nSPS) is 22.0. The summed E-state index contributed by atoms with van der Waals surface area (Å²) in [4.78, 5) is 16.9. The lowest BCUT2D eigenvalue weighted by atomic mass is 9.94. The van der Waals surface area contributed by atoms with Gasteiger partial charge in [0.2, 0.25) is 5.91 Å². The van der Waals surface area contributed by atoms with E-state index >= 15 is 0 Å². The molecule has 1 amide bonds. The Bertz CT molecular complexity index is 434. The van der Waals surface area contributed by atoms with Crippen LogP contribution < -0.4 is 5.32 Å². The first-order valence-corrected chi connectivity index (χ1v) is 8.06. The summed E-state index contributed by atoms with van der Waals surface area (Å²) in [6.45, 7) is 0. The standard InChI is InChI=1S/C17H24N2O/c20-17(14-9-3-4-10-14)19-16(13-7-1-2-8-13)15-11-5-6-12-18-15/h5-6,11-14,16H,1-4,7-10H2,(H,19,20)/t16-/m1/s1. The molecule has 3 heteroatoms. The fourth-order valence-corrected chi connectivity index (χ4v) is 3.74. The van der Waals surface area contributed by atoms with Crippen molar-refractivity contribution >= 4 is 5.91 Å². The number of nitrogens with zero attached hydrogens (tertiary/aromatic N) is 1. The number of rotatable bonds is 4. The first-order chi connectivity index (χ1) is 9.84. The van der Waals surface area contributed by atoms with Gasteiger partial charge in [-0.1, -0.05) is 31.7 Å². The topological polar surface area (TPSA) is 42.0 Å². The van der Waals surface area contributed by atoms with Crippen LogP contribution >= 0.6 is 0 Å². The molecule has 20 heavy (non-hydrogen) atoms. The van der Waals surface area contributed by atoms with E-state index in [4.69, 9.17) is 0 Å². The summed E-state index contributed by atoms with van der Waals surface area (Å²) in [5, 5.41) is 3.32. The van der Waals surface area contributed by atoms with Crippen LogP contribution in [0.25, 0.3) is 0 Å². The Kier molecular flexibility index (Phi) is 4.34. The number of amides is 1. The van der Waals surface area contributed by atoms with Crippen molar-refractivity contribution in [2.75, 3.05) is 0 Å². The van der Waals surface area contributed by atoms with Gasteiger partial charge in [-0.25, -0.2) is 0 Å². The highest BCUT2D eigenvalue weighted by molar-refractivity contribution is 5.79. The van der Waals surface area contributed by atoms with Crippen LogP contribution in [-0.2, 0) is 4.79 Å². The summed E-state index contributed by atoms with van der Waals surface area (Å²) >= 11 is 0. The van der Waals surface area contributed by atoms with Gasteiger partial charge < -0.3 is 5.32 Å². The van der Waals surface area contributed by atoms with Crippen LogP contribution in [0.3, 0.4) is 0 Å². The molecule has 0 saturated heterocycles. The fourth-order valence-electron chi connectivity index (χ4n) is 3.74. The Morgan fingerprint density at radius 3 is 2.45 bits per heavy atom. The quantitative estimate of drug-likeness (QED) is 0.909. The second-order valence-corrected chi connectivity index (χ2v) is 6.27. The lowest BCUT2D eigenvalue weighted by Gasteiger charge is -2.25. The third kappa shape index (κ3) is 3.02. The molecule has 0 unspecified atom stereocenters. The summed E-state index contributed by atoms with van der Waals surface area (Å²) in [5.74, 6) is 1.06. The molecule has 0 radical (unpaired) electrons. The van der Waals surface area contributed by atoms with Crippen LogP contribution in [0.4, 0.5) is 0 Å². The Labute approximate surface area is 121 Å². The summed E-state index contributed by atoms with van der Waals surface area (Å²) in [6, 6.07) is 6.13. The minimum Gasteiger partial charge on any atom is -0.347 e. The van der Waals surface area contributed by atoms with E-state index in [9.17, 15) is 4.79 Å². The summed E-state index contributed by atoms with van der Waals surface area (Å²) < 4.78 is 0. The smallest absolute Gasteiger partial charge is 0.223 e. The molecule has 2 fully saturated rings. The summed E-state index contributed by atoms with van der Waals surface area (Å²) in [5.41, 5.74) is 1.03. The highest BCUT2D eigenvalue weighted by atomic mass is 16.1. The molecule has 1 atom stereocenters. The van der Waals surface area contributed by atoms with Crippen LogP contribution in [0.15, 0.2) is 24.4 Å². The molecule has 3 nitrogen and oxygen atoms in total. The Hall–Kier alpha value is -1.38. The van der Waals surface area contributed by atoms with Gasteiger partial charge in [-0.2, -0.15) is 0 Å². The zero-order chi connectivity index (χ0) is 13.8. The van der Waals surface area contributed by atoms with Crippen molar-refractivity contribution in [1.82, 2.24) is 10.3 Å². The van der Waals surface area contributed by atoms with Gasteiger partial charge in [-0.15, -0.1) is 0 Å². The number of aromatic nitrogens is 1. The minimum absolute atomic E-state index is 0.117. The lowest BCUT2D eigenvalue weighted by Crippen LogP contribution is -2.36. The van der Waals surface area contributed by atoms with Gasteiger partial charge in [0, 0.05) is 12.1 Å². The zero-order valence-corrected chi connectivity index (χ0v) is 12.1. The highest BCUT2D eigenvalue weighted by Crippen LogP contribution is 2.36. The molecule has 1 N–H and O–H groups in total. The van der Waals surface area contributed by atoms with E-state index in [1.165, 1.54) is 38.5 Å². The van der Waals surface area contributed by atoms with Crippen molar-refractivity contribution in [1.29, 1.82) is 0 Å². The molecule has 0 spiro atoms. The third-order valence-corrected chi connectivity index (χ3v) is 4.90.